The fourth-order valence-corrected chi connectivity index (χ4v) is 2.24. The molecule has 1 aromatic carbocycles. The molecule has 1 atom stereocenters. The molecule has 0 aliphatic heterocycles. The Kier molecular flexibility index (Phi) is 4.84. The monoisotopic (exact) mass is 286 g/mol. The predicted octanol–water partition coefficient (Wildman–Crippen LogP) is 4.52. The van der Waals surface area contributed by atoms with Crippen LogP contribution in [0.15, 0.2) is 34.9 Å². The molecule has 0 saturated heterocycles. The van der Waals surface area contributed by atoms with Crippen LogP contribution in [0.5, 0.6) is 0 Å². The third-order valence-corrected chi connectivity index (χ3v) is 4.32. The molecule has 2 rings (SSSR count). The van der Waals surface area contributed by atoms with Gasteiger partial charge in [-0.1, -0.05) is 50.2 Å². The Bertz CT molecular complexity index is 569. The number of hydrogen-bond donors (Lipinski definition) is 1. The van der Waals surface area contributed by atoms with Crippen molar-refractivity contribution in [1.29, 1.82) is 0 Å². The SMILES string of the molecule is CCC(C)(C)c1ccc(CNC(C)c2cc(C)on2)cc1. The number of rotatable bonds is 6. The number of nitrogens with one attached hydrogen (secondary N) is 1. The largest absolute Gasteiger partial charge is 0.361 e. The number of benzene rings is 1. The second kappa shape index (κ2) is 6.44. The summed E-state index contributed by atoms with van der Waals surface area (Å²) in [7, 11) is 0. The molecule has 3 nitrogen and oxygen atoms in total. The number of hydrogen-bond acceptors (Lipinski definition) is 3. The average Bonchev–Trinajstić information content (AvgIpc) is 2.92. The maximum atomic E-state index is 5.11. The van der Waals surface area contributed by atoms with Gasteiger partial charge < -0.3 is 9.84 Å². The van der Waals surface area contributed by atoms with E-state index >= 15 is 0 Å². The minimum atomic E-state index is 0.189. The minimum Gasteiger partial charge on any atom is -0.361 e. The lowest BCUT2D eigenvalue weighted by Crippen LogP contribution is -2.19. The second-order valence-electron chi connectivity index (χ2n) is 6.40. The highest BCUT2D eigenvalue weighted by molar-refractivity contribution is 5.28. The molecule has 0 bridgehead atoms. The van der Waals surface area contributed by atoms with Gasteiger partial charge in [0.25, 0.3) is 0 Å². The molecular formula is C18H26N2O. The van der Waals surface area contributed by atoms with Crippen LogP contribution in [0, 0.1) is 6.92 Å². The minimum absolute atomic E-state index is 0.189. The first-order valence-electron chi connectivity index (χ1n) is 7.68. The summed E-state index contributed by atoms with van der Waals surface area (Å²) in [6.07, 6.45) is 1.15. The Morgan fingerprint density at radius 2 is 1.90 bits per heavy atom. The van der Waals surface area contributed by atoms with Crippen molar-refractivity contribution in [2.75, 3.05) is 0 Å². The van der Waals surface area contributed by atoms with Gasteiger partial charge in [0.1, 0.15) is 11.5 Å². The van der Waals surface area contributed by atoms with E-state index in [-0.39, 0.29) is 11.5 Å². The Labute approximate surface area is 127 Å². The molecule has 0 saturated carbocycles. The van der Waals surface area contributed by atoms with E-state index in [4.69, 9.17) is 4.52 Å². The van der Waals surface area contributed by atoms with Crippen LogP contribution in [0.25, 0.3) is 0 Å². The third kappa shape index (κ3) is 3.94. The molecule has 0 fully saturated rings. The van der Waals surface area contributed by atoms with Crippen molar-refractivity contribution in [3.63, 3.8) is 0 Å². The fraction of sp³-hybridized carbons (Fsp3) is 0.500. The van der Waals surface area contributed by atoms with Crippen molar-refractivity contribution in [3.05, 3.63) is 52.9 Å². The van der Waals surface area contributed by atoms with Gasteiger partial charge in [-0.05, 0) is 36.8 Å². The molecule has 0 aliphatic carbocycles. The van der Waals surface area contributed by atoms with Crippen LogP contribution in [0.1, 0.15) is 62.7 Å². The first-order chi connectivity index (χ1) is 9.92. The summed E-state index contributed by atoms with van der Waals surface area (Å²) in [6, 6.07) is 11.1. The summed E-state index contributed by atoms with van der Waals surface area (Å²) in [5.74, 6) is 0.852. The number of aryl methyl sites for hydroxylation is 1. The molecule has 0 radical (unpaired) electrons. The highest BCUT2D eigenvalue weighted by Crippen LogP contribution is 2.26. The van der Waals surface area contributed by atoms with Crippen LogP contribution in [0.3, 0.4) is 0 Å². The van der Waals surface area contributed by atoms with Crippen molar-refractivity contribution in [2.24, 2.45) is 0 Å². The first-order valence-corrected chi connectivity index (χ1v) is 7.68. The van der Waals surface area contributed by atoms with Gasteiger partial charge in [-0.15, -0.1) is 0 Å². The van der Waals surface area contributed by atoms with Gasteiger partial charge in [-0.2, -0.15) is 0 Å². The van der Waals surface area contributed by atoms with Gasteiger partial charge in [0.05, 0.1) is 6.04 Å². The number of nitrogens with zero attached hydrogens (tertiary/aromatic N) is 1. The van der Waals surface area contributed by atoms with E-state index in [2.05, 4.69) is 62.4 Å². The quantitative estimate of drug-likeness (QED) is 0.848. The van der Waals surface area contributed by atoms with Crippen LogP contribution in [0.4, 0.5) is 0 Å². The first kappa shape index (κ1) is 15.8. The average molecular weight is 286 g/mol. The van der Waals surface area contributed by atoms with E-state index in [0.29, 0.717) is 0 Å². The second-order valence-corrected chi connectivity index (χ2v) is 6.40. The molecule has 0 aliphatic rings. The van der Waals surface area contributed by atoms with Gasteiger partial charge in [0.2, 0.25) is 0 Å². The predicted molar refractivity (Wildman–Crippen MR) is 86.3 cm³/mol. The Morgan fingerprint density at radius 3 is 2.43 bits per heavy atom. The van der Waals surface area contributed by atoms with Crippen LogP contribution < -0.4 is 5.32 Å². The molecule has 3 heteroatoms. The van der Waals surface area contributed by atoms with Crippen LogP contribution in [0.2, 0.25) is 0 Å². The van der Waals surface area contributed by atoms with E-state index < -0.39 is 0 Å². The van der Waals surface area contributed by atoms with Crippen LogP contribution >= 0.6 is 0 Å². The van der Waals surface area contributed by atoms with Crippen molar-refractivity contribution < 1.29 is 4.52 Å². The lowest BCUT2D eigenvalue weighted by atomic mass is 9.82. The van der Waals surface area contributed by atoms with Crippen molar-refractivity contribution in [2.45, 2.75) is 59.0 Å². The van der Waals surface area contributed by atoms with Gasteiger partial charge >= 0.3 is 0 Å². The van der Waals surface area contributed by atoms with E-state index in [1.165, 1.54) is 11.1 Å². The summed E-state index contributed by atoms with van der Waals surface area (Å²) in [4.78, 5) is 0. The molecule has 1 N–H and O–H groups in total. The lowest BCUT2D eigenvalue weighted by Gasteiger charge is -2.23. The van der Waals surface area contributed by atoms with Gasteiger partial charge in [0.15, 0.2) is 0 Å². The van der Waals surface area contributed by atoms with E-state index in [0.717, 1.165) is 24.4 Å². The van der Waals surface area contributed by atoms with Crippen molar-refractivity contribution in [1.82, 2.24) is 10.5 Å². The normalized spacial score (nSPS) is 13.4. The van der Waals surface area contributed by atoms with E-state index in [9.17, 15) is 0 Å². The van der Waals surface area contributed by atoms with Crippen LogP contribution in [-0.2, 0) is 12.0 Å². The molecular weight excluding hydrogens is 260 g/mol. The molecule has 1 heterocycles. The molecule has 0 spiro atoms. The standard InChI is InChI=1S/C18H26N2O/c1-6-18(4,5)16-9-7-15(8-10-16)12-19-14(3)17-11-13(2)21-20-17/h7-11,14,19H,6,12H2,1-5H3. The Hall–Kier alpha value is -1.61. The van der Waals surface area contributed by atoms with Crippen LogP contribution in [-0.4, -0.2) is 5.16 Å². The fourth-order valence-electron chi connectivity index (χ4n) is 2.24. The molecule has 2 aromatic rings. The summed E-state index contributed by atoms with van der Waals surface area (Å²) in [5.41, 5.74) is 3.89. The maximum absolute atomic E-state index is 5.11. The molecule has 1 aromatic heterocycles. The highest BCUT2D eigenvalue weighted by atomic mass is 16.5. The third-order valence-electron chi connectivity index (χ3n) is 4.32. The molecule has 0 amide bonds. The van der Waals surface area contributed by atoms with Gasteiger partial charge in [-0.25, -0.2) is 0 Å². The zero-order valence-electron chi connectivity index (χ0n) is 13.7. The van der Waals surface area contributed by atoms with Gasteiger partial charge in [-0.3, -0.25) is 0 Å². The molecule has 114 valence electrons. The smallest absolute Gasteiger partial charge is 0.133 e. The molecule has 21 heavy (non-hydrogen) atoms. The Morgan fingerprint density at radius 1 is 1.24 bits per heavy atom. The van der Waals surface area contributed by atoms with Crippen molar-refractivity contribution >= 4 is 0 Å². The summed E-state index contributed by atoms with van der Waals surface area (Å²) >= 11 is 0. The molecule has 1 unspecified atom stereocenters. The zero-order valence-corrected chi connectivity index (χ0v) is 13.7. The maximum Gasteiger partial charge on any atom is 0.133 e. The summed E-state index contributed by atoms with van der Waals surface area (Å²) in [6.45, 7) is 11.7. The zero-order chi connectivity index (χ0) is 15.5. The summed E-state index contributed by atoms with van der Waals surface area (Å²) in [5, 5.41) is 7.53. The Balaban J connectivity index is 1.95. The number of aromatic nitrogens is 1. The van der Waals surface area contributed by atoms with E-state index in [1.807, 2.05) is 13.0 Å². The van der Waals surface area contributed by atoms with E-state index in [1.54, 1.807) is 0 Å². The van der Waals surface area contributed by atoms with Crippen molar-refractivity contribution in [3.8, 4) is 0 Å². The highest BCUT2D eigenvalue weighted by Gasteiger charge is 2.17. The van der Waals surface area contributed by atoms with Gasteiger partial charge in [0, 0.05) is 12.6 Å². The lowest BCUT2D eigenvalue weighted by molar-refractivity contribution is 0.380. The topological polar surface area (TPSA) is 38.1 Å². The summed E-state index contributed by atoms with van der Waals surface area (Å²) < 4.78 is 5.11.